The van der Waals surface area contributed by atoms with E-state index in [1.165, 1.54) is 0 Å². The van der Waals surface area contributed by atoms with Crippen molar-refractivity contribution in [3.63, 3.8) is 0 Å². The van der Waals surface area contributed by atoms with E-state index >= 15 is 0 Å². The third-order valence-corrected chi connectivity index (χ3v) is 4.08. The van der Waals surface area contributed by atoms with Crippen LogP contribution in [0.4, 0.5) is 0 Å². The maximum atomic E-state index is 12.2. The summed E-state index contributed by atoms with van der Waals surface area (Å²) in [5.41, 5.74) is 1.47. The fourth-order valence-electron chi connectivity index (χ4n) is 1.97. The minimum atomic E-state index is -0.439. The molecule has 2 aromatic rings. The molecule has 0 atom stereocenters. The van der Waals surface area contributed by atoms with Gasteiger partial charge < -0.3 is 14.8 Å². The van der Waals surface area contributed by atoms with E-state index in [0.717, 1.165) is 10.7 Å². The summed E-state index contributed by atoms with van der Waals surface area (Å²) < 4.78 is 10.1. The zero-order valence-electron chi connectivity index (χ0n) is 13.7. The van der Waals surface area contributed by atoms with Gasteiger partial charge in [0, 0.05) is 29.6 Å². The Labute approximate surface area is 144 Å². The molecule has 0 fully saturated rings. The molecule has 0 spiro atoms. The number of nitrogens with one attached hydrogen (secondary N) is 1. The molecule has 1 N–H and O–H groups in total. The molecule has 7 heteroatoms. The van der Waals surface area contributed by atoms with Gasteiger partial charge in [-0.05, 0) is 32.0 Å². The first-order valence-corrected chi connectivity index (χ1v) is 8.54. The van der Waals surface area contributed by atoms with Crippen molar-refractivity contribution in [1.29, 1.82) is 0 Å². The Bertz CT molecular complexity index is 699. The van der Waals surface area contributed by atoms with Gasteiger partial charge in [0.1, 0.15) is 5.75 Å². The lowest BCUT2D eigenvalue weighted by Crippen LogP contribution is -2.25. The van der Waals surface area contributed by atoms with E-state index in [0.29, 0.717) is 30.9 Å². The van der Waals surface area contributed by atoms with Crippen molar-refractivity contribution >= 4 is 23.2 Å². The Hall–Kier alpha value is -2.41. The van der Waals surface area contributed by atoms with Crippen molar-refractivity contribution < 1.29 is 19.1 Å². The second-order valence-electron chi connectivity index (χ2n) is 5.01. The molecule has 0 unspecified atom stereocenters. The molecular weight excluding hydrogens is 328 g/mol. The molecule has 0 bridgehead atoms. The van der Waals surface area contributed by atoms with Crippen LogP contribution in [0, 0.1) is 6.92 Å². The van der Waals surface area contributed by atoms with Crippen LogP contribution in [0.3, 0.4) is 0 Å². The Morgan fingerprint density at radius 1 is 1.33 bits per heavy atom. The molecule has 0 aliphatic carbocycles. The van der Waals surface area contributed by atoms with Crippen molar-refractivity contribution in [2.24, 2.45) is 0 Å². The van der Waals surface area contributed by atoms with Crippen LogP contribution in [0.25, 0.3) is 0 Å². The molecule has 1 amide bonds. The second-order valence-corrected chi connectivity index (χ2v) is 5.95. The van der Waals surface area contributed by atoms with Crippen LogP contribution in [0.5, 0.6) is 5.75 Å². The van der Waals surface area contributed by atoms with E-state index in [-0.39, 0.29) is 12.5 Å². The summed E-state index contributed by atoms with van der Waals surface area (Å²) in [7, 11) is 0. The molecular formula is C17H20N2O4S. The Morgan fingerprint density at radius 3 is 2.88 bits per heavy atom. The van der Waals surface area contributed by atoms with Gasteiger partial charge in [0.15, 0.2) is 6.61 Å². The smallest absolute Gasteiger partial charge is 0.344 e. The molecule has 1 aromatic heterocycles. The molecule has 0 aliphatic heterocycles. The van der Waals surface area contributed by atoms with Gasteiger partial charge in [-0.3, -0.25) is 4.79 Å². The molecule has 0 radical (unpaired) electrons. The van der Waals surface area contributed by atoms with Crippen LogP contribution in [0.1, 0.15) is 28.0 Å². The zero-order chi connectivity index (χ0) is 17.4. The number of carbonyl (C=O) groups is 2. The Kier molecular flexibility index (Phi) is 6.74. The lowest BCUT2D eigenvalue weighted by molar-refractivity contribution is -0.145. The van der Waals surface area contributed by atoms with Gasteiger partial charge in [-0.1, -0.05) is 6.07 Å². The van der Waals surface area contributed by atoms with Gasteiger partial charge in [0.2, 0.25) is 0 Å². The number of nitrogens with zero attached hydrogens (tertiary/aromatic N) is 1. The van der Waals surface area contributed by atoms with E-state index in [4.69, 9.17) is 9.47 Å². The van der Waals surface area contributed by atoms with Crippen molar-refractivity contribution in [1.82, 2.24) is 10.3 Å². The minimum Gasteiger partial charge on any atom is -0.482 e. The summed E-state index contributed by atoms with van der Waals surface area (Å²) in [5.74, 6) is -0.179. The summed E-state index contributed by atoms with van der Waals surface area (Å²) in [5, 5.41) is 5.84. The number of hydrogen-bond donors (Lipinski definition) is 1. The number of amides is 1. The van der Waals surface area contributed by atoms with Crippen LogP contribution in [0.15, 0.2) is 29.6 Å². The highest BCUT2D eigenvalue weighted by atomic mass is 32.1. The summed E-state index contributed by atoms with van der Waals surface area (Å²) in [4.78, 5) is 27.8. The van der Waals surface area contributed by atoms with E-state index in [9.17, 15) is 9.59 Å². The van der Waals surface area contributed by atoms with Crippen LogP contribution in [-0.4, -0.2) is 36.6 Å². The third kappa shape index (κ3) is 5.66. The van der Waals surface area contributed by atoms with Crippen molar-refractivity contribution in [2.45, 2.75) is 20.3 Å². The normalized spacial score (nSPS) is 10.2. The number of ether oxygens (including phenoxy) is 2. The monoisotopic (exact) mass is 348 g/mol. The number of benzene rings is 1. The number of rotatable bonds is 8. The molecule has 0 saturated heterocycles. The highest BCUT2D eigenvalue weighted by Gasteiger charge is 2.08. The van der Waals surface area contributed by atoms with Crippen LogP contribution in [-0.2, 0) is 16.0 Å². The SMILES string of the molecule is CCOC(=O)COc1cccc(C(=O)NCCc2nc(C)cs2)c1. The van der Waals surface area contributed by atoms with E-state index in [1.807, 2.05) is 12.3 Å². The quantitative estimate of drug-likeness (QED) is 0.741. The largest absolute Gasteiger partial charge is 0.482 e. The third-order valence-electron chi connectivity index (χ3n) is 3.05. The number of aromatic nitrogens is 1. The topological polar surface area (TPSA) is 77.5 Å². The number of thiazole rings is 1. The second kappa shape index (κ2) is 9.02. The standard InChI is InChI=1S/C17H20N2O4S/c1-3-22-16(20)10-23-14-6-4-5-13(9-14)17(21)18-8-7-15-19-12(2)11-24-15/h4-6,9,11H,3,7-8,10H2,1-2H3,(H,18,21). The van der Waals surface area contributed by atoms with Gasteiger partial charge in [-0.25, -0.2) is 9.78 Å². The van der Waals surface area contributed by atoms with E-state index in [1.54, 1.807) is 42.5 Å². The lowest BCUT2D eigenvalue weighted by Gasteiger charge is -2.08. The minimum absolute atomic E-state index is 0.178. The first-order chi connectivity index (χ1) is 11.6. The molecule has 2 rings (SSSR count). The maximum Gasteiger partial charge on any atom is 0.344 e. The van der Waals surface area contributed by atoms with E-state index < -0.39 is 5.97 Å². The fraction of sp³-hybridized carbons (Fsp3) is 0.353. The molecule has 6 nitrogen and oxygen atoms in total. The summed E-state index contributed by atoms with van der Waals surface area (Å²) in [6.45, 7) is 4.32. The maximum absolute atomic E-state index is 12.2. The van der Waals surface area contributed by atoms with Crippen LogP contribution in [0.2, 0.25) is 0 Å². The molecule has 24 heavy (non-hydrogen) atoms. The molecule has 1 heterocycles. The number of carbonyl (C=O) groups excluding carboxylic acids is 2. The van der Waals surface area contributed by atoms with Gasteiger partial charge in [0.05, 0.1) is 11.6 Å². The average molecular weight is 348 g/mol. The molecule has 0 saturated carbocycles. The summed E-state index contributed by atoms with van der Waals surface area (Å²) in [6.07, 6.45) is 0.698. The van der Waals surface area contributed by atoms with E-state index in [2.05, 4.69) is 10.3 Å². The number of hydrogen-bond acceptors (Lipinski definition) is 6. The van der Waals surface area contributed by atoms with Crippen molar-refractivity contribution in [3.8, 4) is 5.75 Å². The Balaban J connectivity index is 1.83. The zero-order valence-corrected chi connectivity index (χ0v) is 14.5. The number of aryl methyl sites for hydroxylation is 1. The predicted molar refractivity (Wildman–Crippen MR) is 91.5 cm³/mol. The van der Waals surface area contributed by atoms with Gasteiger partial charge in [-0.2, -0.15) is 0 Å². The summed E-state index contributed by atoms with van der Waals surface area (Å²) in [6, 6.07) is 6.69. The predicted octanol–water partition coefficient (Wildman–Crippen LogP) is 2.37. The Morgan fingerprint density at radius 2 is 2.17 bits per heavy atom. The van der Waals surface area contributed by atoms with Crippen molar-refractivity contribution in [2.75, 3.05) is 19.8 Å². The van der Waals surface area contributed by atoms with Gasteiger partial charge in [-0.15, -0.1) is 11.3 Å². The van der Waals surface area contributed by atoms with Crippen LogP contribution < -0.4 is 10.1 Å². The molecule has 0 aliphatic rings. The van der Waals surface area contributed by atoms with Gasteiger partial charge in [0.25, 0.3) is 5.91 Å². The first-order valence-electron chi connectivity index (χ1n) is 7.66. The average Bonchev–Trinajstić information content (AvgIpc) is 2.99. The highest BCUT2D eigenvalue weighted by Crippen LogP contribution is 2.13. The highest BCUT2D eigenvalue weighted by molar-refractivity contribution is 7.09. The molecule has 1 aromatic carbocycles. The fourth-order valence-corrected chi connectivity index (χ4v) is 2.75. The lowest BCUT2D eigenvalue weighted by atomic mass is 10.2. The first kappa shape index (κ1) is 17.9. The van der Waals surface area contributed by atoms with Crippen LogP contribution >= 0.6 is 11.3 Å². The summed E-state index contributed by atoms with van der Waals surface area (Å²) >= 11 is 1.59. The molecule has 128 valence electrons. The van der Waals surface area contributed by atoms with Crippen molar-refractivity contribution in [3.05, 3.63) is 45.9 Å². The number of esters is 1. The van der Waals surface area contributed by atoms with Gasteiger partial charge >= 0.3 is 5.97 Å².